The Hall–Kier alpha value is -0.760. The van der Waals surface area contributed by atoms with Crippen molar-refractivity contribution in [2.75, 3.05) is 0 Å². The number of ether oxygens (including phenoxy) is 1. The van der Waals surface area contributed by atoms with E-state index in [9.17, 15) is 0 Å². The molecule has 0 saturated carbocycles. The van der Waals surface area contributed by atoms with E-state index in [0.29, 0.717) is 0 Å². The van der Waals surface area contributed by atoms with E-state index < -0.39 is 6.29 Å². The number of hydrogen-bond acceptors (Lipinski definition) is 2. The summed E-state index contributed by atoms with van der Waals surface area (Å²) in [6, 6.07) is 0. The second kappa shape index (κ2) is 8.34. The van der Waals surface area contributed by atoms with Gasteiger partial charge in [-0.3, -0.25) is 0 Å². The van der Waals surface area contributed by atoms with Crippen LogP contribution in [0, 0.1) is 0 Å². The highest BCUT2D eigenvalue weighted by Crippen LogP contribution is 1.95. The summed E-state index contributed by atoms with van der Waals surface area (Å²) in [5, 5.41) is 8.70. The van der Waals surface area contributed by atoms with Crippen molar-refractivity contribution in [3.63, 3.8) is 0 Å². The van der Waals surface area contributed by atoms with Gasteiger partial charge in [0.05, 0.1) is 6.26 Å². The lowest BCUT2D eigenvalue weighted by Crippen LogP contribution is -1.99. The summed E-state index contributed by atoms with van der Waals surface area (Å²) in [6.07, 6.45) is 10.1. The van der Waals surface area contributed by atoms with E-state index in [1.165, 1.54) is 19.1 Å². The zero-order valence-electron chi connectivity index (χ0n) is 7.86. The summed E-state index contributed by atoms with van der Waals surface area (Å²) in [6.45, 7) is 3.74. The van der Waals surface area contributed by atoms with Gasteiger partial charge >= 0.3 is 0 Å². The molecular formula is C10H18O2. The van der Waals surface area contributed by atoms with Crippen molar-refractivity contribution in [2.24, 2.45) is 0 Å². The van der Waals surface area contributed by atoms with Crippen LogP contribution in [0.5, 0.6) is 0 Å². The number of hydrogen-bond donors (Lipinski definition) is 1. The first-order valence-corrected chi connectivity index (χ1v) is 4.42. The Balaban J connectivity index is 3.27. The Morgan fingerprint density at radius 3 is 2.75 bits per heavy atom. The van der Waals surface area contributed by atoms with Gasteiger partial charge in [0.15, 0.2) is 6.29 Å². The molecule has 0 radical (unpaired) electrons. The van der Waals surface area contributed by atoms with Crippen molar-refractivity contribution in [3.8, 4) is 0 Å². The third kappa shape index (κ3) is 9.24. The van der Waals surface area contributed by atoms with Gasteiger partial charge in [0, 0.05) is 0 Å². The van der Waals surface area contributed by atoms with Crippen molar-refractivity contribution < 1.29 is 9.84 Å². The Labute approximate surface area is 74.6 Å². The SMILES string of the molecule is CCCC/C=C/C=C/OC(C)O. The molecule has 0 heterocycles. The van der Waals surface area contributed by atoms with Crippen molar-refractivity contribution in [1.82, 2.24) is 0 Å². The fourth-order valence-electron chi connectivity index (χ4n) is 0.701. The monoisotopic (exact) mass is 170 g/mol. The third-order valence-electron chi connectivity index (χ3n) is 1.33. The molecule has 0 aromatic carbocycles. The lowest BCUT2D eigenvalue weighted by molar-refractivity contribution is -0.0349. The second-order valence-electron chi connectivity index (χ2n) is 2.63. The largest absolute Gasteiger partial charge is 0.473 e. The molecule has 0 aliphatic carbocycles. The zero-order valence-corrected chi connectivity index (χ0v) is 7.86. The smallest absolute Gasteiger partial charge is 0.193 e. The van der Waals surface area contributed by atoms with E-state index in [4.69, 9.17) is 9.84 Å². The summed E-state index contributed by atoms with van der Waals surface area (Å²) in [4.78, 5) is 0. The number of aliphatic hydroxyl groups is 1. The number of unbranched alkanes of at least 4 members (excludes halogenated alkanes) is 2. The molecule has 0 amide bonds. The minimum absolute atomic E-state index is 0.717. The van der Waals surface area contributed by atoms with E-state index in [-0.39, 0.29) is 0 Å². The number of allylic oxidation sites excluding steroid dienone is 3. The van der Waals surface area contributed by atoms with Gasteiger partial charge in [-0.15, -0.1) is 0 Å². The molecule has 0 aromatic rings. The van der Waals surface area contributed by atoms with Gasteiger partial charge in [-0.25, -0.2) is 0 Å². The van der Waals surface area contributed by atoms with Crippen LogP contribution in [0.1, 0.15) is 33.1 Å². The molecule has 1 N–H and O–H groups in total. The van der Waals surface area contributed by atoms with Crippen molar-refractivity contribution in [3.05, 3.63) is 24.5 Å². The standard InChI is InChI=1S/C10H18O2/c1-3-4-5-6-7-8-9-12-10(2)11/h6-11H,3-5H2,1-2H3/b7-6+,9-8+. The molecule has 12 heavy (non-hydrogen) atoms. The highest BCUT2D eigenvalue weighted by molar-refractivity contribution is 4.99. The van der Waals surface area contributed by atoms with Gasteiger partial charge in [0.2, 0.25) is 0 Å². The normalized spacial score (nSPS) is 14.2. The van der Waals surface area contributed by atoms with Gasteiger partial charge in [-0.1, -0.05) is 31.9 Å². The van der Waals surface area contributed by atoms with Crippen LogP contribution in [-0.4, -0.2) is 11.4 Å². The molecule has 2 heteroatoms. The second-order valence-corrected chi connectivity index (χ2v) is 2.63. The molecule has 2 nitrogen and oxygen atoms in total. The fraction of sp³-hybridized carbons (Fsp3) is 0.600. The molecule has 0 aromatic heterocycles. The van der Waals surface area contributed by atoms with Crippen molar-refractivity contribution in [2.45, 2.75) is 39.4 Å². The van der Waals surface area contributed by atoms with Gasteiger partial charge in [0.1, 0.15) is 0 Å². The van der Waals surface area contributed by atoms with Gasteiger partial charge in [0.25, 0.3) is 0 Å². The zero-order chi connectivity index (χ0) is 9.23. The van der Waals surface area contributed by atoms with Crippen LogP contribution < -0.4 is 0 Å². The first-order valence-electron chi connectivity index (χ1n) is 4.42. The molecule has 0 saturated heterocycles. The van der Waals surface area contributed by atoms with Crippen LogP contribution in [0.25, 0.3) is 0 Å². The lowest BCUT2D eigenvalue weighted by atomic mass is 10.2. The molecular weight excluding hydrogens is 152 g/mol. The molecule has 70 valence electrons. The van der Waals surface area contributed by atoms with Gasteiger partial charge in [-0.2, -0.15) is 0 Å². The minimum Gasteiger partial charge on any atom is -0.473 e. The maximum atomic E-state index is 8.70. The van der Waals surface area contributed by atoms with E-state index in [1.807, 2.05) is 6.08 Å². The lowest BCUT2D eigenvalue weighted by Gasteiger charge is -1.99. The summed E-state index contributed by atoms with van der Waals surface area (Å²) >= 11 is 0. The Morgan fingerprint density at radius 1 is 1.42 bits per heavy atom. The average Bonchev–Trinajstić information content (AvgIpc) is 2.02. The molecule has 0 rings (SSSR count). The maximum Gasteiger partial charge on any atom is 0.193 e. The molecule has 0 bridgehead atoms. The Morgan fingerprint density at radius 2 is 2.17 bits per heavy atom. The van der Waals surface area contributed by atoms with Crippen LogP contribution in [-0.2, 0) is 4.74 Å². The first-order chi connectivity index (χ1) is 5.77. The van der Waals surface area contributed by atoms with Gasteiger partial charge < -0.3 is 9.84 Å². The van der Waals surface area contributed by atoms with Gasteiger partial charge in [-0.05, 0) is 19.4 Å². The molecule has 0 aliphatic rings. The molecule has 1 unspecified atom stereocenters. The van der Waals surface area contributed by atoms with E-state index >= 15 is 0 Å². The fourth-order valence-corrected chi connectivity index (χ4v) is 0.701. The van der Waals surface area contributed by atoms with Crippen LogP contribution >= 0.6 is 0 Å². The van der Waals surface area contributed by atoms with Crippen LogP contribution in [0.4, 0.5) is 0 Å². The van der Waals surface area contributed by atoms with E-state index in [2.05, 4.69) is 13.0 Å². The Bertz CT molecular complexity index is 137. The third-order valence-corrected chi connectivity index (χ3v) is 1.33. The summed E-state index contributed by atoms with van der Waals surface area (Å²) < 4.78 is 4.77. The first kappa shape index (κ1) is 11.2. The summed E-state index contributed by atoms with van der Waals surface area (Å²) in [5.74, 6) is 0. The summed E-state index contributed by atoms with van der Waals surface area (Å²) in [7, 11) is 0. The van der Waals surface area contributed by atoms with Crippen molar-refractivity contribution in [1.29, 1.82) is 0 Å². The molecule has 0 spiro atoms. The highest BCUT2D eigenvalue weighted by Gasteiger charge is 1.84. The average molecular weight is 170 g/mol. The topological polar surface area (TPSA) is 29.5 Å². The maximum absolute atomic E-state index is 8.70. The van der Waals surface area contributed by atoms with Crippen LogP contribution in [0.2, 0.25) is 0 Å². The quantitative estimate of drug-likeness (QED) is 0.287. The summed E-state index contributed by atoms with van der Waals surface area (Å²) in [5.41, 5.74) is 0. The highest BCUT2D eigenvalue weighted by atomic mass is 16.6. The number of rotatable bonds is 6. The Kier molecular flexibility index (Phi) is 7.81. The molecule has 1 atom stereocenters. The van der Waals surface area contributed by atoms with Crippen molar-refractivity contribution >= 4 is 0 Å². The predicted molar refractivity (Wildman–Crippen MR) is 50.6 cm³/mol. The minimum atomic E-state index is -0.717. The molecule has 0 aliphatic heterocycles. The van der Waals surface area contributed by atoms with Crippen LogP contribution in [0.3, 0.4) is 0 Å². The predicted octanol–water partition coefficient (Wildman–Crippen LogP) is 2.60. The van der Waals surface area contributed by atoms with Crippen LogP contribution in [0.15, 0.2) is 24.5 Å². The number of aliphatic hydroxyl groups excluding tert-OH is 1. The van der Waals surface area contributed by atoms with E-state index in [0.717, 1.165) is 6.42 Å². The van der Waals surface area contributed by atoms with E-state index in [1.54, 1.807) is 13.0 Å². The molecule has 0 fully saturated rings.